The third-order valence-electron chi connectivity index (χ3n) is 2.56. The Bertz CT molecular complexity index is 695. The van der Waals surface area contributed by atoms with Crippen LogP contribution in [0.3, 0.4) is 0 Å². The van der Waals surface area contributed by atoms with E-state index in [9.17, 15) is 24.3 Å². The van der Waals surface area contributed by atoms with Crippen LogP contribution < -0.4 is 16.0 Å². The highest BCUT2D eigenvalue weighted by Crippen LogP contribution is 2.07. The Hall–Kier alpha value is -2.82. The minimum Gasteiger partial charge on any atom is -0.480 e. The number of nitrogens with zero attached hydrogens (tertiary/aromatic N) is 1. The molecule has 0 aliphatic carbocycles. The Labute approximate surface area is 125 Å². The molecule has 0 bridgehead atoms. The van der Waals surface area contributed by atoms with Crippen LogP contribution in [0, 0.1) is 0 Å². The van der Waals surface area contributed by atoms with E-state index in [1.807, 2.05) is 0 Å². The summed E-state index contributed by atoms with van der Waals surface area (Å²) in [6, 6.07) is 1.13. The molecule has 1 rings (SSSR count). The Morgan fingerprint density at radius 3 is 2.14 bits per heavy atom. The molecule has 2 N–H and O–H groups in total. The standard InChI is InChI=1S/C14H16N2O6/c1-14(2,3)22-13(21)15-6-11(12(19)20)16-9(7-17)4-5-10(16)8-18/h4-5,11H,6H2,1-3H3,(H,15,21)(H,19,20)/t11-/m0/s1. The molecule has 1 amide bonds. The molecule has 0 aliphatic rings. The molecule has 8 nitrogen and oxygen atoms in total. The molecule has 1 atom stereocenters. The maximum Gasteiger partial charge on any atom is 0.407 e. The van der Waals surface area contributed by atoms with E-state index in [0.29, 0.717) is 0 Å². The highest BCUT2D eigenvalue weighted by Gasteiger charge is 2.24. The van der Waals surface area contributed by atoms with Crippen molar-refractivity contribution in [2.45, 2.75) is 32.4 Å². The second-order valence-electron chi connectivity index (χ2n) is 5.41. The van der Waals surface area contributed by atoms with E-state index in [1.54, 1.807) is 20.8 Å². The summed E-state index contributed by atoms with van der Waals surface area (Å²) in [6.45, 7) is 4.60. The van der Waals surface area contributed by atoms with Crippen LogP contribution >= 0.6 is 0 Å². The van der Waals surface area contributed by atoms with Crippen LogP contribution in [-0.4, -0.2) is 45.8 Å². The number of alkyl carbamates (subject to hydrolysis) is 1. The number of carboxylic acid groups (broad SMARTS) is 1. The predicted octanol–water partition coefficient (Wildman–Crippen LogP) is -1.36. The number of nitrogens with one attached hydrogen (secondary N) is 1. The lowest BCUT2D eigenvalue weighted by Crippen LogP contribution is -2.44. The lowest BCUT2D eigenvalue weighted by molar-refractivity contribution is -0.140. The van der Waals surface area contributed by atoms with Crippen LogP contribution in [0.2, 0.25) is 0 Å². The van der Waals surface area contributed by atoms with Crippen molar-refractivity contribution in [1.29, 1.82) is 0 Å². The number of amides is 1. The van der Waals surface area contributed by atoms with Gasteiger partial charge in [0, 0.05) is 0 Å². The fourth-order valence-electron chi connectivity index (χ4n) is 1.73. The van der Waals surface area contributed by atoms with Gasteiger partial charge in [-0.2, -0.15) is 0 Å². The average molecular weight is 308 g/mol. The summed E-state index contributed by atoms with van der Waals surface area (Å²) in [5.41, 5.74) is -0.736. The van der Waals surface area contributed by atoms with Gasteiger partial charge in [0.2, 0.25) is 0 Å². The van der Waals surface area contributed by atoms with E-state index in [0.717, 1.165) is 4.57 Å². The van der Waals surface area contributed by atoms with E-state index in [1.165, 1.54) is 24.0 Å². The molecule has 118 valence electrons. The second kappa shape index (κ2) is 6.76. The maximum atomic E-state index is 11.6. The van der Waals surface area contributed by atoms with E-state index in [2.05, 4.69) is 5.32 Å². The first-order valence-corrected chi connectivity index (χ1v) is 6.36. The number of aliphatic carboxylic acids is 1. The molecule has 0 fully saturated rings. The highest BCUT2D eigenvalue weighted by molar-refractivity contribution is 5.74. The van der Waals surface area contributed by atoms with Crippen molar-refractivity contribution in [3.63, 3.8) is 0 Å². The van der Waals surface area contributed by atoms with Crippen LogP contribution in [-0.2, 0) is 19.1 Å². The van der Waals surface area contributed by atoms with Gasteiger partial charge >= 0.3 is 12.1 Å². The number of carboxylic acids is 1. The summed E-state index contributed by atoms with van der Waals surface area (Å²) in [5.74, 6) is 1.74. The van der Waals surface area contributed by atoms with Gasteiger partial charge in [0.15, 0.2) is 11.9 Å². The van der Waals surface area contributed by atoms with Crippen molar-refractivity contribution in [1.82, 2.24) is 9.88 Å². The van der Waals surface area contributed by atoms with Gasteiger partial charge in [0.05, 0.1) is 6.54 Å². The first kappa shape index (κ1) is 17.2. The smallest absolute Gasteiger partial charge is 0.407 e. The van der Waals surface area contributed by atoms with Crippen molar-refractivity contribution in [3.8, 4) is 0 Å². The zero-order valence-electron chi connectivity index (χ0n) is 12.4. The van der Waals surface area contributed by atoms with E-state index < -0.39 is 23.7 Å². The van der Waals surface area contributed by atoms with E-state index in [-0.39, 0.29) is 17.2 Å². The Kier molecular flexibility index (Phi) is 5.29. The molecule has 0 saturated carbocycles. The largest absolute Gasteiger partial charge is 0.480 e. The van der Waals surface area contributed by atoms with Gasteiger partial charge in [0.25, 0.3) is 0 Å². The van der Waals surface area contributed by atoms with Crippen molar-refractivity contribution in [3.05, 3.63) is 22.8 Å². The summed E-state index contributed by atoms with van der Waals surface area (Å²) in [5, 5.41) is 11.3. The van der Waals surface area contributed by atoms with Gasteiger partial charge in [-0.25, -0.2) is 19.2 Å². The predicted molar refractivity (Wildman–Crippen MR) is 74.2 cm³/mol. The summed E-state index contributed by atoms with van der Waals surface area (Å²) in [6.07, 6.45) is -0.806. The van der Waals surface area contributed by atoms with Crippen LogP contribution in [0.15, 0.2) is 12.1 Å². The molecule has 8 heteroatoms. The summed E-state index contributed by atoms with van der Waals surface area (Å²) >= 11 is 0. The van der Waals surface area contributed by atoms with Crippen molar-refractivity contribution >= 4 is 23.9 Å². The van der Waals surface area contributed by atoms with Gasteiger partial charge in [-0.15, -0.1) is 0 Å². The van der Waals surface area contributed by atoms with Crippen molar-refractivity contribution < 1.29 is 29.0 Å². The Morgan fingerprint density at radius 2 is 1.77 bits per heavy atom. The molecule has 0 aromatic carbocycles. The third-order valence-corrected chi connectivity index (χ3v) is 2.56. The number of ether oxygens (including phenoxy) is 1. The molecule has 0 saturated heterocycles. The van der Waals surface area contributed by atoms with Crippen LogP contribution in [0.1, 0.15) is 26.8 Å². The molecule has 1 aromatic rings. The number of carbonyl (C=O) groups excluding carboxylic acids is 3. The zero-order valence-corrected chi connectivity index (χ0v) is 12.4. The first-order chi connectivity index (χ1) is 10.2. The fourth-order valence-corrected chi connectivity index (χ4v) is 1.73. The molecular weight excluding hydrogens is 292 g/mol. The molecule has 0 spiro atoms. The number of carbonyl (C=O) groups is 2. The number of hydrogen-bond donors (Lipinski definition) is 2. The molecule has 0 aliphatic heterocycles. The molecule has 22 heavy (non-hydrogen) atoms. The minimum absolute atomic E-state index is 0.128. The second-order valence-corrected chi connectivity index (χ2v) is 5.41. The lowest BCUT2D eigenvalue weighted by Gasteiger charge is -2.21. The number of hydrogen-bond acceptors (Lipinski definition) is 5. The average Bonchev–Trinajstić information content (AvgIpc) is 2.79. The maximum absolute atomic E-state index is 11.6. The van der Waals surface area contributed by atoms with E-state index in [4.69, 9.17) is 4.74 Å². The Balaban J connectivity index is 3.06. The van der Waals surface area contributed by atoms with Gasteiger partial charge in [0.1, 0.15) is 22.3 Å². The number of aromatic nitrogens is 1. The molecule has 1 heterocycles. The SMILES string of the molecule is CC(C)(C)OC(=O)NC[C@@H](C(=O)O)n1c(=C=O)ccc1=C=O. The van der Waals surface area contributed by atoms with E-state index >= 15 is 0 Å². The topological polar surface area (TPSA) is 115 Å². The minimum atomic E-state index is -1.37. The van der Waals surface area contributed by atoms with Gasteiger partial charge in [-0.1, -0.05) is 0 Å². The van der Waals surface area contributed by atoms with Crippen LogP contribution in [0.25, 0.3) is 0 Å². The summed E-state index contributed by atoms with van der Waals surface area (Å²) in [4.78, 5) is 44.6. The van der Waals surface area contributed by atoms with Gasteiger partial charge in [-0.3, -0.25) is 0 Å². The Morgan fingerprint density at radius 1 is 1.27 bits per heavy atom. The summed E-state index contributed by atoms with van der Waals surface area (Å²) < 4.78 is 5.94. The van der Waals surface area contributed by atoms with Crippen LogP contribution in [0.5, 0.6) is 0 Å². The first-order valence-electron chi connectivity index (χ1n) is 6.36. The van der Waals surface area contributed by atoms with Gasteiger partial charge < -0.3 is 19.7 Å². The van der Waals surface area contributed by atoms with Gasteiger partial charge in [-0.05, 0) is 32.9 Å². The third kappa shape index (κ3) is 4.34. The molecule has 0 radical (unpaired) electrons. The molecular formula is C14H16N2O6. The lowest BCUT2D eigenvalue weighted by atomic mass is 10.2. The normalized spacial score (nSPS) is 12.0. The van der Waals surface area contributed by atoms with Crippen molar-refractivity contribution in [2.75, 3.05) is 6.54 Å². The highest BCUT2D eigenvalue weighted by atomic mass is 16.6. The quantitative estimate of drug-likeness (QED) is 0.710. The summed E-state index contributed by atoms with van der Waals surface area (Å²) in [7, 11) is 0. The van der Waals surface area contributed by atoms with Crippen molar-refractivity contribution in [2.24, 2.45) is 0 Å². The molecule has 0 unspecified atom stereocenters. The fraction of sp³-hybridized carbons (Fsp3) is 0.429. The zero-order chi connectivity index (χ0) is 16.9. The van der Waals surface area contributed by atoms with Crippen LogP contribution in [0.4, 0.5) is 4.79 Å². The monoisotopic (exact) mass is 308 g/mol. The number of rotatable bonds is 4. The molecule has 1 aromatic heterocycles.